The minimum atomic E-state index is -0.637. The number of carbonyl (C=O) groups excluding carboxylic acids is 2. The van der Waals surface area contributed by atoms with Gasteiger partial charge in [0, 0.05) is 18.9 Å². The molecule has 0 saturated heterocycles. The van der Waals surface area contributed by atoms with Crippen LogP contribution in [-0.4, -0.2) is 51.3 Å². The molecule has 4 saturated carbocycles. The molecule has 4 aliphatic carbocycles. The summed E-state index contributed by atoms with van der Waals surface area (Å²) in [6, 6.07) is 5.49. The summed E-state index contributed by atoms with van der Waals surface area (Å²) in [7, 11) is 4.32. The molecule has 36 heavy (non-hydrogen) atoms. The molecule has 7 nitrogen and oxygen atoms in total. The van der Waals surface area contributed by atoms with Crippen molar-refractivity contribution in [1.82, 2.24) is 4.90 Å². The first kappa shape index (κ1) is 24.7. The van der Waals surface area contributed by atoms with E-state index in [1.54, 1.807) is 7.11 Å². The van der Waals surface area contributed by atoms with Crippen LogP contribution in [0, 0.1) is 23.2 Å². The molecule has 1 aromatic carbocycles. The molecule has 6 rings (SSSR count). The van der Waals surface area contributed by atoms with E-state index in [0.717, 1.165) is 29.9 Å². The Labute approximate surface area is 213 Å². The smallest absolute Gasteiger partial charge is 0.336 e. The second-order valence-corrected chi connectivity index (χ2v) is 11.0. The first-order chi connectivity index (χ1) is 17.4. The summed E-state index contributed by atoms with van der Waals surface area (Å²) in [4.78, 5) is 28.2. The standard InChI is InChI=1S/C29H37NO6/c1-5-36-24-7-6-21(11-25(24)33-2)26-22(27(31)34-3)15-30(16-23(26)28(32)35-4)17-29-12-18-8-19(13-29)10-20(9-18)14-29/h6-7,11,15-16,18-20,26H,5,8-10,12-14,17H2,1-4H3. The number of esters is 2. The molecular weight excluding hydrogens is 458 g/mol. The van der Waals surface area contributed by atoms with Gasteiger partial charge in [0.25, 0.3) is 0 Å². The largest absolute Gasteiger partial charge is 0.493 e. The lowest BCUT2D eigenvalue weighted by Gasteiger charge is -2.57. The molecule has 0 N–H and O–H groups in total. The normalized spacial score (nSPS) is 28.9. The second-order valence-electron chi connectivity index (χ2n) is 11.0. The van der Waals surface area contributed by atoms with E-state index in [-0.39, 0.29) is 5.41 Å². The van der Waals surface area contributed by atoms with Gasteiger partial charge in [-0.1, -0.05) is 6.07 Å². The van der Waals surface area contributed by atoms with E-state index in [0.29, 0.717) is 29.3 Å². The summed E-state index contributed by atoms with van der Waals surface area (Å²) >= 11 is 0. The van der Waals surface area contributed by atoms with E-state index >= 15 is 0 Å². The van der Waals surface area contributed by atoms with E-state index in [4.69, 9.17) is 18.9 Å². The molecule has 194 valence electrons. The van der Waals surface area contributed by atoms with Crippen molar-refractivity contribution < 1.29 is 28.5 Å². The van der Waals surface area contributed by atoms with Crippen molar-refractivity contribution in [2.24, 2.45) is 23.2 Å². The van der Waals surface area contributed by atoms with Crippen molar-refractivity contribution in [3.63, 3.8) is 0 Å². The summed E-state index contributed by atoms with van der Waals surface area (Å²) in [6.45, 7) is 3.21. The molecule has 0 aromatic heterocycles. The molecule has 4 bridgehead atoms. The van der Waals surface area contributed by atoms with Gasteiger partial charge < -0.3 is 23.8 Å². The van der Waals surface area contributed by atoms with Gasteiger partial charge in [-0.3, -0.25) is 0 Å². The van der Waals surface area contributed by atoms with Crippen LogP contribution in [0.5, 0.6) is 11.5 Å². The number of benzene rings is 1. The summed E-state index contributed by atoms with van der Waals surface area (Å²) < 4.78 is 21.6. The average molecular weight is 496 g/mol. The minimum absolute atomic E-state index is 0.236. The highest BCUT2D eigenvalue weighted by atomic mass is 16.5. The lowest BCUT2D eigenvalue weighted by molar-refractivity contribution is -0.137. The fourth-order valence-corrected chi connectivity index (χ4v) is 7.75. The van der Waals surface area contributed by atoms with Gasteiger partial charge in [-0.2, -0.15) is 0 Å². The van der Waals surface area contributed by atoms with Gasteiger partial charge in [0.1, 0.15) is 0 Å². The molecule has 5 aliphatic rings. The van der Waals surface area contributed by atoms with E-state index in [9.17, 15) is 9.59 Å². The third-order valence-electron chi connectivity index (χ3n) is 8.58. The van der Waals surface area contributed by atoms with E-state index < -0.39 is 17.9 Å². The third-order valence-corrected chi connectivity index (χ3v) is 8.58. The number of rotatable bonds is 8. The SMILES string of the molecule is CCOc1ccc(C2C(C(=O)OC)=CN(CC34CC5CC(CC(C5)C3)C4)C=C2C(=O)OC)cc1OC. The Balaban J connectivity index is 1.52. The van der Waals surface area contributed by atoms with Crippen molar-refractivity contribution in [2.45, 2.75) is 51.4 Å². The Morgan fingerprint density at radius 1 is 0.889 bits per heavy atom. The van der Waals surface area contributed by atoms with Gasteiger partial charge >= 0.3 is 11.9 Å². The first-order valence-corrected chi connectivity index (χ1v) is 13.0. The third kappa shape index (κ3) is 4.48. The fourth-order valence-electron chi connectivity index (χ4n) is 7.75. The first-order valence-electron chi connectivity index (χ1n) is 13.0. The Morgan fingerprint density at radius 2 is 1.44 bits per heavy atom. The van der Waals surface area contributed by atoms with E-state index in [1.807, 2.05) is 42.4 Å². The summed E-state index contributed by atoms with van der Waals surface area (Å²) in [6.07, 6.45) is 11.6. The predicted molar refractivity (Wildman–Crippen MR) is 134 cm³/mol. The highest BCUT2D eigenvalue weighted by Gasteiger charge is 2.51. The number of ether oxygens (including phenoxy) is 4. The zero-order chi connectivity index (χ0) is 25.4. The van der Waals surface area contributed by atoms with E-state index in [1.165, 1.54) is 52.7 Å². The average Bonchev–Trinajstić information content (AvgIpc) is 2.86. The van der Waals surface area contributed by atoms with Crippen molar-refractivity contribution in [3.8, 4) is 11.5 Å². The highest BCUT2D eigenvalue weighted by Crippen LogP contribution is 2.60. The number of carbonyl (C=O) groups is 2. The molecule has 1 aromatic rings. The van der Waals surface area contributed by atoms with Crippen LogP contribution in [0.25, 0.3) is 0 Å². The van der Waals surface area contributed by atoms with Gasteiger partial charge in [0.05, 0.1) is 45.0 Å². The van der Waals surface area contributed by atoms with Crippen LogP contribution in [0.3, 0.4) is 0 Å². The molecule has 0 spiro atoms. The van der Waals surface area contributed by atoms with Crippen LogP contribution in [0.1, 0.15) is 56.9 Å². The fraction of sp³-hybridized carbons (Fsp3) is 0.586. The molecule has 0 unspecified atom stereocenters. The molecule has 0 atom stereocenters. The van der Waals surface area contributed by atoms with Crippen LogP contribution in [0.2, 0.25) is 0 Å². The monoisotopic (exact) mass is 495 g/mol. The number of hydrogen-bond donors (Lipinski definition) is 0. The Hall–Kier alpha value is -2.96. The summed E-state index contributed by atoms with van der Waals surface area (Å²) in [5.41, 5.74) is 1.80. The van der Waals surface area contributed by atoms with Crippen LogP contribution >= 0.6 is 0 Å². The molecule has 1 aliphatic heterocycles. The van der Waals surface area contributed by atoms with Crippen LogP contribution in [0.15, 0.2) is 41.7 Å². The summed E-state index contributed by atoms with van der Waals surface area (Å²) in [5.74, 6) is 2.04. The number of nitrogens with zero attached hydrogens (tertiary/aromatic N) is 1. The lowest BCUT2D eigenvalue weighted by atomic mass is 9.49. The van der Waals surface area contributed by atoms with Gasteiger partial charge in [-0.25, -0.2) is 9.59 Å². The molecule has 0 amide bonds. The maximum Gasteiger partial charge on any atom is 0.336 e. The zero-order valence-corrected chi connectivity index (χ0v) is 21.7. The van der Waals surface area contributed by atoms with Crippen LogP contribution in [0.4, 0.5) is 0 Å². The zero-order valence-electron chi connectivity index (χ0n) is 21.7. The number of methoxy groups -OCH3 is 3. The maximum absolute atomic E-state index is 13.1. The van der Waals surface area contributed by atoms with Crippen molar-refractivity contribution >= 4 is 11.9 Å². The predicted octanol–water partition coefficient (Wildman–Crippen LogP) is 4.82. The van der Waals surface area contributed by atoms with E-state index in [2.05, 4.69) is 0 Å². The molecular formula is C29H37NO6. The summed E-state index contributed by atoms with van der Waals surface area (Å²) in [5, 5.41) is 0. The lowest BCUT2D eigenvalue weighted by Crippen LogP contribution is -2.50. The Kier molecular flexibility index (Phi) is 6.75. The van der Waals surface area contributed by atoms with Gasteiger partial charge in [-0.15, -0.1) is 0 Å². The topological polar surface area (TPSA) is 74.3 Å². The van der Waals surface area contributed by atoms with Gasteiger partial charge in [0.2, 0.25) is 0 Å². The van der Waals surface area contributed by atoms with Crippen molar-refractivity contribution in [2.75, 3.05) is 34.5 Å². The minimum Gasteiger partial charge on any atom is -0.493 e. The van der Waals surface area contributed by atoms with Crippen molar-refractivity contribution in [3.05, 3.63) is 47.3 Å². The molecule has 4 fully saturated rings. The molecule has 7 heteroatoms. The van der Waals surface area contributed by atoms with Gasteiger partial charge in [-0.05, 0) is 86.3 Å². The van der Waals surface area contributed by atoms with Crippen LogP contribution < -0.4 is 9.47 Å². The number of hydrogen-bond acceptors (Lipinski definition) is 7. The molecule has 0 radical (unpaired) electrons. The second kappa shape index (κ2) is 9.83. The van der Waals surface area contributed by atoms with Crippen LogP contribution in [-0.2, 0) is 19.1 Å². The maximum atomic E-state index is 13.1. The highest BCUT2D eigenvalue weighted by molar-refractivity contribution is 5.98. The molecule has 1 heterocycles. The quantitative estimate of drug-likeness (QED) is 0.479. The van der Waals surface area contributed by atoms with Gasteiger partial charge in [0.15, 0.2) is 11.5 Å². The Bertz CT molecular complexity index is 1020. The van der Waals surface area contributed by atoms with Crippen molar-refractivity contribution in [1.29, 1.82) is 0 Å². The Morgan fingerprint density at radius 3 is 1.92 bits per heavy atom.